The van der Waals surface area contributed by atoms with E-state index in [1.54, 1.807) is 6.92 Å². The minimum absolute atomic E-state index is 0.353. The lowest BCUT2D eigenvalue weighted by Crippen LogP contribution is -2.07. The number of hydrogen-bond donors (Lipinski definition) is 0. The van der Waals surface area contributed by atoms with Gasteiger partial charge in [0.25, 0.3) is 0 Å². The third-order valence-corrected chi connectivity index (χ3v) is 1.01. The van der Waals surface area contributed by atoms with Gasteiger partial charge in [0.1, 0.15) is 0 Å². The van der Waals surface area contributed by atoms with Gasteiger partial charge in [0.2, 0.25) is 0 Å². The minimum atomic E-state index is -0.353. The third-order valence-electron chi connectivity index (χ3n) is 1.01. The van der Waals surface area contributed by atoms with Crippen molar-refractivity contribution in [2.75, 3.05) is 13.2 Å². The fourth-order valence-electron chi connectivity index (χ4n) is 0.449. The van der Waals surface area contributed by atoms with Crippen molar-refractivity contribution in [1.82, 2.24) is 0 Å². The summed E-state index contributed by atoms with van der Waals surface area (Å²) in [6.07, 6.45) is 0.669. The van der Waals surface area contributed by atoms with E-state index in [9.17, 15) is 4.79 Å². The summed E-state index contributed by atoms with van der Waals surface area (Å²) in [6, 6.07) is 0. The Bertz CT molecular complexity index is 140. The van der Waals surface area contributed by atoms with Crippen LogP contribution in [0.2, 0.25) is 0 Å². The van der Waals surface area contributed by atoms with Crippen LogP contribution >= 0.6 is 0 Å². The second kappa shape index (κ2) is 5.92. The zero-order valence-corrected chi connectivity index (χ0v) is 6.76. The monoisotopic (exact) mass is 157 g/mol. The summed E-state index contributed by atoms with van der Waals surface area (Å²) in [7, 11) is 3.18. The molecule has 0 aromatic heterocycles. The molecule has 1 radical (unpaired) electrons. The molecule has 3 heteroatoms. The number of esters is 1. The van der Waals surface area contributed by atoms with Crippen LogP contribution in [0.4, 0.5) is 0 Å². The standard InChI is InChI=1S/C8H13O3/c1-7(2)8(9)11-6-4-5-10-3/h1,3-6H2,2H3. The highest BCUT2D eigenvalue weighted by molar-refractivity contribution is 5.86. The number of carbonyl (C=O) groups is 1. The molecular weight excluding hydrogens is 144 g/mol. The van der Waals surface area contributed by atoms with Gasteiger partial charge < -0.3 is 9.47 Å². The molecule has 0 heterocycles. The lowest BCUT2D eigenvalue weighted by Gasteiger charge is -2.02. The Morgan fingerprint density at radius 3 is 2.55 bits per heavy atom. The second-order valence-electron chi connectivity index (χ2n) is 2.18. The zero-order chi connectivity index (χ0) is 8.69. The molecule has 0 spiro atoms. The Balaban J connectivity index is 3.25. The molecule has 11 heavy (non-hydrogen) atoms. The molecule has 3 nitrogen and oxygen atoms in total. The van der Waals surface area contributed by atoms with Gasteiger partial charge in [-0.05, 0) is 6.92 Å². The highest BCUT2D eigenvalue weighted by Crippen LogP contribution is 1.93. The van der Waals surface area contributed by atoms with Crippen molar-refractivity contribution in [3.8, 4) is 0 Å². The van der Waals surface area contributed by atoms with E-state index in [0.29, 0.717) is 25.2 Å². The molecule has 0 N–H and O–H groups in total. The first-order chi connectivity index (χ1) is 5.18. The largest absolute Gasteiger partial charge is 0.462 e. The van der Waals surface area contributed by atoms with E-state index in [4.69, 9.17) is 4.74 Å². The van der Waals surface area contributed by atoms with Gasteiger partial charge in [0.05, 0.1) is 13.7 Å². The first-order valence-corrected chi connectivity index (χ1v) is 3.38. The Morgan fingerprint density at radius 2 is 2.09 bits per heavy atom. The van der Waals surface area contributed by atoms with E-state index in [1.165, 1.54) is 0 Å². The van der Waals surface area contributed by atoms with Crippen molar-refractivity contribution in [2.24, 2.45) is 0 Å². The predicted molar refractivity (Wildman–Crippen MR) is 41.7 cm³/mol. The quantitative estimate of drug-likeness (QED) is 0.343. The van der Waals surface area contributed by atoms with Gasteiger partial charge in [0, 0.05) is 18.6 Å². The van der Waals surface area contributed by atoms with Crippen LogP contribution in [0.1, 0.15) is 13.3 Å². The smallest absolute Gasteiger partial charge is 0.333 e. The van der Waals surface area contributed by atoms with Gasteiger partial charge in [-0.2, -0.15) is 0 Å². The Morgan fingerprint density at radius 1 is 1.45 bits per heavy atom. The lowest BCUT2D eigenvalue weighted by atomic mass is 10.4. The van der Waals surface area contributed by atoms with Crippen LogP contribution in [0.3, 0.4) is 0 Å². The van der Waals surface area contributed by atoms with E-state index in [2.05, 4.69) is 18.4 Å². The average molecular weight is 157 g/mol. The maximum atomic E-state index is 10.7. The molecule has 0 rings (SSSR count). The van der Waals surface area contributed by atoms with Crippen LogP contribution in [0.5, 0.6) is 0 Å². The van der Waals surface area contributed by atoms with Crippen LogP contribution in [0.25, 0.3) is 0 Å². The van der Waals surface area contributed by atoms with Gasteiger partial charge in [-0.15, -0.1) is 0 Å². The lowest BCUT2D eigenvalue weighted by molar-refractivity contribution is -0.139. The summed E-state index contributed by atoms with van der Waals surface area (Å²) < 4.78 is 9.28. The van der Waals surface area contributed by atoms with Crippen molar-refractivity contribution >= 4 is 5.97 Å². The Hall–Kier alpha value is -0.830. The summed E-state index contributed by atoms with van der Waals surface area (Å²) in [5, 5.41) is 0. The predicted octanol–water partition coefficient (Wildman–Crippen LogP) is 1.30. The molecule has 0 aliphatic rings. The van der Waals surface area contributed by atoms with Crippen molar-refractivity contribution in [2.45, 2.75) is 13.3 Å². The molecule has 0 bridgehead atoms. The maximum Gasteiger partial charge on any atom is 0.333 e. The summed E-state index contributed by atoms with van der Waals surface area (Å²) in [4.78, 5) is 10.7. The van der Waals surface area contributed by atoms with Gasteiger partial charge in [0.15, 0.2) is 0 Å². The van der Waals surface area contributed by atoms with Gasteiger partial charge in [-0.25, -0.2) is 4.79 Å². The van der Waals surface area contributed by atoms with E-state index >= 15 is 0 Å². The van der Waals surface area contributed by atoms with E-state index in [-0.39, 0.29) is 5.97 Å². The topological polar surface area (TPSA) is 35.5 Å². The minimum Gasteiger partial charge on any atom is -0.462 e. The van der Waals surface area contributed by atoms with Crippen molar-refractivity contribution < 1.29 is 14.3 Å². The first kappa shape index (κ1) is 10.2. The number of rotatable bonds is 5. The third kappa shape index (κ3) is 5.61. The van der Waals surface area contributed by atoms with Gasteiger partial charge in [-0.1, -0.05) is 6.58 Å². The fraction of sp³-hybridized carbons (Fsp3) is 0.500. The summed E-state index contributed by atoms with van der Waals surface area (Å²) >= 11 is 0. The number of ether oxygens (including phenoxy) is 2. The summed E-state index contributed by atoms with van der Waals surface area (Å²) in [6.45, 7) is 5.91. The molecule has 0 atom stereocenters. The molecule has 0 aliphatic heterocycles. The molecule has 0 saturated carbocycles. The molecular formula is C8H13O3. The molecule has 0 unspecified atom stereocenters. The molecule has 0 aromatic rings. The second-order valence-corrected chi connectivity index (χ2v) is 2.18. The molecule has 0 saturated heterocycles. The highest BCUT2D eigenvalue weighted by atomic mass is 16.5. The highest BCUT2D eigenvalue weighted by Gasteiger charge is 2.00. The molecule has 0 fully saturated rings. The van der Waals surface area contributed by atoms with Crippen LogP contribution in [0.15, 0.2) is 12.2 Å². The van der Waals surface area contributed by atoms with Crippen molar-refractivity contribution in [1.29, 1.82) is 0 Å². The van der Waals surface area contributed by atoms with E-state index in [1.807, 2.05) is 0 Å². The van der Waals surface area contributed by atoms with E-state index < -0.39 is 0 Å². The Labute approximate surface area is 67.0 Å². The van der Waals surface area contributed by atoms with Gasteiger partial charge >= 0.3 is 5.97 Å². The number of hydrogen-bond acceptors (Lipinski definition) is 3. The molecule has 63 valence electrons. The normalized spacial score (nSPS) is 9.27. The van der Waals surface area contributed by atoms with Crippen molar-refractivity contribution in [3.05, 3.63) is 19.3 Å². The average Bonchev–Trinajstić information content (AvgIpc) is 1.97. The SMILES string of the molecule is [CH2]OCCCOC(=O)C(=C)C. The van der Waals surface area contributed by atoms with Crippen LogP contribution in [-0.2, 0) is 14.3 Å². The van der Waals surface area contributed by atoms with Crippen LogP contribution < -0.4 is 0 Å². The van der Waals surface area contributed by atoms with Crippen LogP contribution in [0, 0.1) is 7.11 Å². The van der Waals surface area contributed by atoms with Crippen LogP contribution in [-0.4, -0.2) is 19.2 Å². The summed E-state index contributed by atoms with van der Waals surface area (Å²) in [5.74, 6) is -0.353. The molecule has 0 amide bonds. The number of carbonyl (C=O) groups excluding carboxylic acids is 1. The maximum absolute atomic E-state index is 10.7. The molecule has 0 aliphatic carbocycles. The Kier molecular flexibility index (Phi) is 5.47. The fourth-order valence-corrected chi connectivity index (χ4v) is 0.449. The van der Waals surface area contributed by atoms with Gasteiger partial charge in [-0.3, -0.25) is 0 Å². The zero-order valence-electron chi connectivity index (χ0n) is 6.76. The van der Waals surface area contributed by atoms with Crippen molar-refractivity contribution in [3.63, 3.8) is 0 Å². The first-order valence-electron chi connectivity index (χ1n) is 3.38. The molecule has 0 aromatic carbocycles. The summed E-state index contributed by atoms with van der Waals surface area (Å²) in [5.41, 5.74) is 0.417. The van der Waals surface area contributed by atoms with E-state index in [0.717, 1.165) is 0 Å².